The van der Waals surface area contributed by atoms with Gasteiger partial charge >= 0.3 is 0 Å². The van der Waals surface area contributed by atoms with Crippen molar-refractivity contribution in [2.45, 2.75) is 11.4 Å². The minimum absolute atomic E-state index is 0.0450. The average Bonchev–Trinajstić information content (AvgIpc) is 2.81. The zero-order chi connectivity index (χ0) is 24.3. The van der Waals surface area contributed by atoms with E-state index in [1.165, 1.54) is 42.5 Å². The van der Waals surface area contributed by atoms with E-state index in [0.29, 0.717) is 35.4 Å². The topological polar surface area (TPSA) is 84.9 Å². The Morgan fingerprint density at radius 2 is 1.71 bits per heavy atom. The maximum absolute atomic E-state index is 14.4. The maximum atomic E-state index is 14.4. The van der Waals surface area contributed by atoms with E-state index in [-0.39, 0.29) is 15.5 Å². The van der Waals surface area contributed by atoms with E-state index >= 15 is 0 Å². The molecule has 1 aliphatic heterocycles. The number of amides is 1. The van der Waals surface area contributed by atoms with Crippen LogP contribution in [0.5, 0.6) is 11.5 Å². The monoisotopic (exact) mass is 524 g/mol. The number of halogens is 3. The van der Waals surface area contributed by atoms with Crippen molar-refractivity contribution in [1.82, 2.24) is 4.31 Å². The summed E-state index contributed by atoms with van der Waals surface area (Å²) < 4.78 is 53.0. The fourth-order valence-corrected chi connectivity index (χ4v) is 5.04. The molecule has 0 aliphatic carbocycles. The molecule has 1 heterocycles. The van der Waals surface area contributed by atoms with Gasteiger partial charge in [0, 0.05) is 33.9 Å². The molecule has 3 aromatic rings. The van der Waals surface area contributed by atoms with Crippen LogP contribution < -0.4 is 14.8 Å². The van der Waals surface area contributed by atoms with Crippen molar-refractivity contribution in [2.75, 3.05) is 25.1 Å². The zero-order valence-electron chi connectivity index (χ0n) is 17.6. The number of hydrogen-bond donors (Lipinski definition) is 1. The molecule has 0 saturated carbocycles. The predicted octanol–water partition coefficient (Wildman–Crippen LogP) is 4.73. The molecule has 1 amide bonds. The summed E-state index contributed by atoms with van der Waals surface area (Å²) in [7, 11) is -4.21. The summed E-state index contributed by atoms with van der Waals surface area (Å²) >= 11 is 12.0. The predicted molar refractivity (Wildman–Crippen MR) is 127 cm³/mol. The standard InChI is InChI=1S/C23H19Cl2FN2O5S/c24-15-4-7-17(8-5-15)34(30,31)28(13-18-19(25)2-1-3-20(18)26)14-23(29)27-16-6-9-21-22(12-16)33-11-10-32-21/h1-9,12H,10-11,13-14H2,(H,27,29). The van der Waals surface area contributed by atoms with E-state index in [2.05, 4.69) is 5.32 Å². The quantitative estimate of drug-likeness (QED) is 0.482. The molecule has 0 atom stereocenters. The second-order valence-electron chi connectivity index (χ2n) is 7.33. The lowest BCUT2D eigenvalue weighted by Gasteiger charge is -2.23. The minimum atomic E-state index is -4.21. The summed E-state index contributed by atoms with van der Waals surface area (Å²) in [5.41, 5.74) is 0.343. The molecule has 7 nitrogen and oxygen atoms in total. The maximum Gasteiger partial charge on any atom is 0.243 e. The van der Waals surface area contributed by atoms with E-state index in [1.807, 2.05) is 0 Å². The Kier molecular flexibility index (Phi) is 7.27. The number of benzene rings is 3. The third kappa shape index (κ3) is 5.44. The number of carbonyl (C=O) groups is 1. The molecule has 4 rings (SSSR count). The number of rotatable bonds is 7. The van der Waals surface area contributed by atoms with E-state index in [1.54, 1.807) is 18.2 Å². The Morgan fingerprint density at radius 3 is 2.41 bits per heavy atom. The van der Waals surface area contributed by atoms with Crippen molar-refractivity contribution in [2.24, 2.45) is 0 Å². The Hall–Kier alpha value is -2.85. The molecule has 34 heavy (non-hydrogen) atoms. The van der Waals surface area contributed by atoms with Gasteiger partial charge in [-0.15, -0.1) is 0 Å². The highest BCUT2D eigenvalue weighted by Gasteiger charge is 2.29. The first-order chi connectivity index (χ1) is 16.2. The average molecular weight is 525 g/mol. The number of ether oxygens (including phenoxy) is 2. The van der Waals surface area contributed by atoms with E-state index in [0.717, 1.165) is 4.31 Å². The third-order valence-electron chi connectivity index (χ3n) is 4.99. The zero-order valence-corrected chi connectivity index (χ0v) is 20.0. The number of nitrogens with zero attached hydrogens (tertiary/aromatic N) is 1. The second-order valence-corrected chi connectivity index (χ2v) is 10.1. The lowest BCUT2D eigenvalue weighted by atomic mass is 10.2. The molecule has 0 unspecified atom stereocenters. The second kappa shape index (κ2) is 10.2. The molecule has 0 fully saturated rings. The Bertz CT molecular complexity index is 1300. The van der Waals surface area contributed by atoms with Crippen LogP contribution in [0.25, 0.3) is 0 Å². The number of nitrogens with one attached hydrogen (secondary N) is 1. The Balaban J connectivity index is 1.61. The SMILES string of the molecule is O=C(CN(Cc1c(F)cccc1Cl)S(=O)(=O)c1ccc(Cl)cc1)Nc1ccc2c(c1)OCCO2. The van der Waals surface area contributed by atoms with Gasteiger partial charge < -0.3 is 14.8 Å². The minimum Gasteiger partial charge on any atom is -0.486 e. The molecular formula is C23H19Cl2FN2O5S. The lowest BCUT2D eigenvalue weighted by Crippen LogP contribution is -2.38. The molecule has 0 radical (unpaired) electrons. The summed E-state index contributed by atoms with van der Waals surface area (Å²) in [6.07, 6.45) is 0. The van der Waals surface area contributed by atoms with E-state index in [9.17, 15) is 17.6 Å². The van der Waals surface area contributed by atoms with Crippen LogP contribution in [0.15, 0.2) is 65.6 Å². The third-order valence-corrected chi connectivity index (χ3v) is 7.41. The van der Waals surface area contributed by atoms with Crippen LogP contribution in [0, 0.1) is 5.82 Å². The molecule has 0 spiro atoms. The van der Waals surface area contributed by atoms with Gasteiger partial charge in [-0.3, -0.25) is 4.79 Å². The fraction of sp³-hybridized carbons (Fsp3) is 0.174. The van der Waals surface area contributed by atoms with Gasteiger partial charge in [0.2, 0.25) is 15.9 Å². The molecule has 1 aliphatic rings. The van der Waals surface area contributed by atoms with Crippen molar-refractivity contribution in [3.8, 4) is 11.5 Å². The highest BCUT2D eigenvalue weighted by Crippen LogP contribution is 2.32. The van der Waals surface area contributed by atoms with Crippen molar-refractivity contribution in [3.63, 3.8) is 0 Å². The van der Waals surface area contributed by atoms with Crippen molar-refractivity contribution < 1.29 is 27.1 Å². The molecule has 3 aromatic carbocycles. The highest BCUT2D eigenvalue weighted by atomic mass is 35.5. The van der Waals surface area contributed by atoms with Gasteiger partial charge in [-0.2, -0.15) is 4.31 Å². The summed E-state index contributed by atoms with van der Waals surface area (Å²) in [5, 5.41) is 3.03. The van der Waals surface area contributed by atoms with Crippen molar-refractivity contribution in [1.29, 1.82) is 0 Å². The molecule has 0 aromatic heterocycles. The van der Waals surface area contributed by atoms with E-state index in [4.69, 9.17) is 32.7 Å². The molecule has 0 saturated heterocycles. The molecular weight excluding hydrogens is 506 g/mol. The fourth-order valence-electron chi connectivity index (χ4n) is 3.32. The number of sulfonamides is 1. The first-order valence-corrected chi connectivity index (χ1v) is 12.3. The molecule has 1 N–H and O–H groups in total. The van der Waals surface area contributed by atoms with Crippen LogP contribution in [-0.4, -0.2) is 38.4 Å². The summed E-state index contributed by atoms with van der Waals surface area (Å²) in [6.45, 7) is -0.245. The normalized spacial score (nSPS) is 13.1. The van der Waals surface area contributed by atoms with Gasteiger partial charge in [-0.05, 0) is 48.5 Å². The van der Waals surface area contributed by atoms with Crippen molar-refractivity contribution >= 4 is 44.8 Å². The van der Waals surface area contributed by atoms with Crippen LogP contribution in [0.4, 0.5) is 10.1 Å². The lowest BCUT2D eigenvalue weighted by molar-refractivity contribution is -0.116. The van der Waals surface area contributed by atoms with Crippen LogP contribution in [0.1, 0.15) is 5.56 Å². The number of anilines is 1. The van der Waals surface area contributed by atoms with Gasteiger partial charge in [0.1, 0.15) is 19.0 Å². The van der Waals surface area contributed by atoms with Gasteiger partial charge in [0.25, 0.3) is 0 Å². The van der Waals surface area contributed by atoms with Crippen LogP contribution >= 0.6 is 23.2 Å². The molecule has 11 heteroatoms. The Morgan fingerprint density at radius 1 is 1.00 bits per heavy atom. The van der Waals surface area contributed by atoms with Gasteiger partial charge in [-0.1, -0.05) is 29.3 Å². The number of hydrogen-bond acceptors (Lipinski definition) is 5. The van der Waals surface area contributed by atoms with Gasteiger partial charge in [0.05, 0.1) is 11.4 Å². The summed E-state index contributed by atoms with van der Waals surface area (Å²) in [6, 6.07) is 14.3. The number of carbonyl (C=O) groups excluding carboxylic acids is 1. The van der Waals surface area contributed by atoms with Gasteiger partial charge in [0.15, 0.2) is 11.5 Å². The van der Waals surface area contributed by atoms with Crippen LogP contribution in [-0.2, 0) is 21.4 Å². The summed E-state index contributed by atoms with van der Waals surface area (Å²) in [5.74, 6) is -0.309. The highest BCUT2D eigenvalue weighted by molar-refractivity contribution is 7.89. The van der Waals surface area contributed by atoms with E-state index < -0.39 is 34.8 Å². The summed E-state index contributed by atoms with van der Waals surface area (Å²) in [4.78, 5) is 12.7. The molecule has 178 valence electrons. The van der Waals surface area contributed by atoms with Crippen LogP contribution in [0.2, 0.25) is 10.0 Å². The first-order valence-electron chi connectivity index (χ1n) is 10.1. The van der Waals surface area contributed by atoms with Gasteiger partial charge in [-0.25, -0.2) is 12.8 Å². The number of fused-ring (bicyclic) bond motifs is 1. The largest absolute Gasteiger partial charge is 0.486 e. The molecule has 0 bridgehead atoms. The smallest absolute Gasteiger partial charge is 0.243 e. The Labute approximate surface area is 206 Å². The van der Waals surface area contributed by atoms with Crippen LogP contribution in [0.3, 0.4) is 0 Å². The van der Waals surface area contributed by atoms with Crippen molar-refractivity contribution in [3.05, 3.63) is 82.1 Å². The first kappa shape index (κ1) is 24.3.